The number of hydrogen-bond acceptors (Lipinski definition) is 4. The second kappa shape index (κ2) is 8.26. The van der Waals surface area contributed by atoms with Crippen LogP contribution in [0.2, 0.25) is 0 Å². The third-order valence-electron chi connectivity index (χ3n) is 4.66. The van der Waals surface area contributed by atoms with E-state index in [1.807, 2.05) is 42.3 Å². The molecule has 1 aromatic rings. The highest BCUT2D eigenvalue weighted by Crippen LogP contribution is 2.27. The van der Waals surface area contributed by atoms with Gasteiger partial charge in [-0.25, -0.2) is 0 Å². The monoisotopic (exact) mass is 333 g/mol. The summed E-state index contributed by atoms with van der Waals surface area (Å²) in [6.07, 6.45) is 1.74. The third kappa shape index (κ3) is 4.55. The number of amides is 1. The Kier molecular flexibility index (Phi) is 6.34. The van der Waals surface area contributed by atoms with Crippen molar-refractivity contribution in [3.63, 3.8) is 0 Å². The van der Waals surface area contributed by atoms with Gasteiger partial charge < -0.3 is 10.0 Å². The predicted molar refractivity (Wildman–Crippen MR) is 92.7 cm³/mol. The molecule has 2 rings (SSSR count). The summed E-state index contributed by atoms with van der Waals surface area (Å²) in [7, 11) is 5.42. The molecule has 1 heterocycles. The first kappa shape index (κ1) is 18.4. The molecule has 0 radical (unpaired) electrons. The second-order valence-corrected chi connectivity index (χ2v) is 6.62. The van der Waals surface area contributed by atoms with Gasteiger partial charge in [0.1, 0.15) is 6.04 Å². The zero-order chi connectivity index (χ0) is 17.7. The molecule has 1 amide bonds. The summed E-state index contributed by atoms with van der Waals surface area (Å²) in [6.45, 7) is 1.63. The van der Waals surface area contributed by atoms with Crippen LogP contribution in [0.5, 0.6) is 0 Å². The van der Waals surface area contributed by atoms with E-state index < -0.39 is 5.97 Å². The van der Waals surface area contributed by atoms with Crippen molar-refractivity contribution < 1.29 is 14.7 Å². The number of carboxylic acid groups (broad SMARTS) is 1. The lowest BCUT2D eigenvalue weighted by Gasteiger charge is -2.40. The van der Waals surface area contributed by atoms with Crippen LogP contribution in [0.4, 0.5) is 0 Å². The molecule has 1 aliphatic heterocycles. The van der Waals surface area contributed by atoms with Crippen LogP contribution in [0.3, 0.4) is 0 Å². The fourth-order valence-electron chi connectivity index (χ4n) is 3.32. The van der Waals surface area contributed by atoms with E-state index in [0.717, 1.165) is 31.5 Å². The molecule has 1 aromatic carbocycles. The van der Waals surface area contributed by atoms with E-state index in [1.165, 1.54) is 0 Å². The molecule has 132 valence electrons. The third-order valence-corrected chi connectivity index (χ3v) is 4.66. The first-order valence-corrected chi connectivity index (χ1v) is 8.32. The number of hydrogen-bond donors (Lipinski definition) is 1. The standard InChI is InChI=1S/C18H27N3O3/c1-19(2)18(24)17(14-7-5-4-6-8-14)21-11-9-15(10-12-21)20(3)13-16(22)23/h4-8,15,17H,9-13H2,1-3H3,(H,22,23). The Morgan fingerprint density at radius 2 is 1.75 bits per heavy atom. The molecular formula is C18H27N3O3. The Balaban J connectivity index is 2.08. The minimum Gasteiger partial charge on any atom is -0.480 e. The zero-order valence-electron chi connectivity index (χ0n) is 14.7. The molecule has 0 saturated carbocycles. The van der Waals surface area contributed by atoms with Gasteiger partial charge in [0.15, 0.2) is 0 Å². The summed E-state index contributed by atoms with van der Waals surface area (Å²) in [5, 5.41) is 8.94. The highest BCUT2D eigenvalue weighted by molar-refractivity contribution is 5.82. The lowest BCUT2D eigenvalue weighted by molar-refractivity contribution is -0.138. The van der Waals surface area contributed by atoms with E-state index in [2.05, 4.69) is 4.90 Å². The van der Waals surface area contributed by atoms with E-state index in [4.69, 9.17) is 5.11 Å². The van der Waals surface area contributed by atoms with Crippen LogP contribution in [0.15, 0.2) is 30.3 Å². The molecule has 1 saturated heterocycles. The number of benzene rings is 1. The number of carboxylic acids is 1. The van der Waals surface area contributed by atoms with Crippen LogP contribution in [-0.4, -0.2) is 78.5 Å². The van der Waals surface area contributed by atoms with Gasteiger partial charge in [-0.2, -0.15) is 0 Å². The van der Waals surface area contributed by atoms with Crippen molar-refractivity contribution >= 4 is 11.9 Å². The van der Waals surface area contributed by atoms with Crippen LogP contribution in [-0.2, 0) is 9.59 Å². The minimum absolute atomic E-state index is 0.0589. The Bertz CT molecular complexity index is 554. The average molecular weight is 333 g/mol. The van der Waals surface area contributed by atoms with Crippen molar-refractivity contribution in [3.8, 4) is 0 Å². The first-order valence-electron chi connectivity index (χ1n) is 8.32. The SMILES string of the molecule is CN(C)C(=O)C(c1ccccc1)N1CCC(N(C)CC(=O)O)CC1. The zero-order valence-corrected chi connectivity index (χ0v) is 14.7. The van der Waals surface area contributed by atoms with Gasteiger partial charge in [-0.1, -0.05) is 30.3 Å². The Morgan fingerprint density at radius 1 is 1.17 bits per heavy atom. The molecule has 1 atom stereocenters. The summed E-state index contributed by atoms with van der Waals surface area (Å²) in [4.78, 5) is 29.3. The lowest BCUT2D eigenvalue weighted by Crippen LogP contribution is -2.48. The molecule has 1 N–H and O–H groups in total. The van der Waals surface area contributed by atoms with Gasteiger partial charge in [-0.3, -0.25) is 19.4 Å². The van der Waals surface area contributed by atoms with Gasteiger partial charge in [0.05, 0.1) is 6.54 Å². The largest absolute Gasteiger partial charge is 0.480 e. The Hall–Kier alpha value is -1.92. The van der Waals surface area contributed by atoms with E-state index >= 15 is 0 Å². The van der Waals surface area contributed by atoms with Gasteiger partial charge in [-0.15, -0.1) is 0 Å². The highest BCUT2D eigenvalue weighted by atomic mass is 16.4. The summed E-state index contributed by atoms with van der Waals surface area (Å²) in [6, 6.07) is 9.84. The summed E-state index contributed by atoms with van der Waals surface area (Å²) in [5.41, 5.74) is 1.01. The Labute approximate surface area is 143 Å². The van der Waals surface area contributed by atoms with Crippen molar-refractivity contribution in [1.82, 2.24) is 14.7 Å². The molecule has 1 fully saturated rings. The molecular weight excluding hydrogens is 306 g/mol. The molecule has 0 spiro atoms. The molecule has 1 unspecified atom stereocenters. The number of aliphatic carboxylic acids is 1. The van der Waals surface area contributed by atoms with Gasteiger partial charge in [-0.05, 0) is 25.5 Å². The number of rotatable bonds is 6. The van der Waals surface area contributed by atoms with E-state index in [-0.39, 0.29) is 24.5 Å². The van der Waals surface area contributed by atoms with E-state index in [1.54, 1.807) is 19.0 Å². The highest BCUT2D eigenvalue weighted by Gasteiger charge is 2.33. The number of carbonyl (C=O) groups is 2. The van der Waals surface area contributed by atoms with Crippen molar-refractivity contribution in [3.05, 3.63) is 35.9 Å². The summed E-state index contributed by atoms with van der Waals surface area (Å²) < 4.78 is 0. The topological polar surface area (TPSA) is 64.1 Å². The van der Waals surface area contributed by atoms with Crippen molar-refractivity contribution in [1.29, 1.82) is 0 Å². The quantitative estimate of drug-likeness (QED) is 0.850. The molecule has 6 nitrogen and oxygen atoms in total. The van der Waals surface area contributed by atoms with E-state index in [9.17, 15) is 9.59 Å². The molecule has 1 aliphatic rings. The number of likely N-dealkylation sites (tertiary alicyclic amines) is 1. The minimum atomic E-state index is -0.801. The van der Waals surface area contributed by atoms with Crippen LogP contribution in [0, 0.1) is 0 Å². The lowest BCUT2D eigenvalue weighted by atomic mass is 9.97. The first-order chi connectivity index (χ1) is 11.4. The maximum Gasteiger partial charge on any atom is 0.317 e. The summed E-state index contributed by atoms with van der Waals surface area (Å²) in [5.74, 6) is -0.719. The normalized spacial score (nSPS) is 17.7. The van der Waals surface area contributed by atoms with Gasteiger partial charge >= 0.3 is 5.97 Å². The molecule has 0 aliphatic carbocycles. The maximum atomic E-state index is 12.7. The fraction of sp³-hybridized carbons (Fsp3) is 0.556. The summed E-state index contributed by atoms with van der Waals surface area (Å²) >= 11 is 0. The van der Waals surface area contributed by atoms with Gasteiger partial charge in [0.2, 0.25) is 5.91 Å². The number of likely N-dealkylation sites (N-methyl/N-ethyl adjacent to an activating group) is 2. The van der Waals surface area contributed by atoms with Crippen molar-refractivity contribution in [2.45, 2.75) is 24.9 Å². The number of nitrogens with zero attached hydrogens (tertiary/aromatic N) is 3. The molecule has 0 bridgehead atoms. The second-order valence-electron chi connectivity index (χ2n) is 6.62. The average Bonchev–Trinajstić information content (AvgIpc) is 2.56. The Morgan fingerprint density at radius 3 is 2.25 bits per heavy atom. The van der Waals surface area contributed by atoms with Gasteiger partial charge in [0, 0.05) is 33.2 Å². The number of carbonyl (C=O) groups excluding carboxylic acids is 1. The smallest absolute Gasteiger partial charge is 0.317 e. The van der Waals surface area contributed by atoms with Crippen LogP contribution in [0.25, 0.3) is 0 Å². The predicted octanol–water partition coefficient (Wildman–Crippen LogP) is 1.30. The molecule has 24 heavy (non-hydrogen) atoms. The molecule has 0 aromatic heterocycles. The van der Waals surface area contributed by atoms with Gasteiger partial charge in [0.25, 0.3) is 0 Å². The number of piperidine rings is 1. The fourth-order valence-corrected chi connectivity index (χ4v) is 3.32. The van der Waals surface area contributed by atoms with Crippen molar-refractivity contribution in [2.24, 2.45) is 0 Å². The van der Waals surface area contributed by atoms with Crippen LogP contribution in [0.1, 0.15) is 24.4 Å². The van der Waals surface area contributed by atoms with Crippen LogP contribution < -0.4 is 0 Å². The maximum absolute atomic E-state index is 12.7. The van der Waals surface area contributed by atoms with Crippen LogP contribution >= 0.6 is 0 Å². The van der Waals surface area contributed by atoms with Crippen molar-refractivity contribution in [2.75, 3.05) is 40.8 Å². The van der Waals surface area contributed by atoms with E-state index in [0.29, 0.717) is 0 Å². The molecule has 6 heteroatoms.